The highest BCUT2D eigenvalue weighted by molar-refractivity contribution is 14.1. The first kappa shape index (κ1) is 29.8. The molecule has 0 saturated carbocycles. The van der Waals surface area contributed by atoms with E-state index >= 15 is 0 Å². The predicted molar refractivity (Wildman–Crippen MR) is 150 cm³/mol. The molecule has 1 aromatic rings. The largest absolute Gasteiger partial charge is 0.492 e. The van der Waals surface area contributed by atoms with Gasteiger partial charge in [0.2, 0.25) is 0 Å². The van der Waals surface area contributed by atoms with E-state index in [-0.39, 0.29) is 12.6 Å². The predicted octanol–water partition coefficient (Wildman–Crippen LogP) is 8.70. The Morgan fingerprint density at radius 3 is 1.50 bits per heavy atom. The van der Waals surface area contributed by atoms with E-state index in [0.717, 1.165) is 31.7 Å². The first-order valence-electron chi connectivity index (χ1n) is 12.4. The molecule has 1 rings (SSSR count). The van der Waals surface area contributed by atoms with Gasteiger partial charge >= 0.3 is 5.97 Å². The lowest BCUT2D eigenvalue weighted by Crippen LogP contribution is -2.10. The monoisotopic (exact) mass is 672 g/mol. The van der Waals surface area contributed by atoms with Crippen LogP contribution >= 0.6 is 45.2 Å². The lowest BCUT2D eigenvalue weighted by atomic mass is 10.0. The number of carbonyl (C=O) groups excluding carboxylic acids is 1. The Kier molecular flexibility index (Phi) is 18.8. The van der Waals surface area contributed by atoms with E-state index < -0.39 is 0 Å². The van der Waals surface area contributed by atoms with Gasteiger partial charge < -0.3 is 14.2 Å². The van der Waals surface area contributed by atoms with Crippen LogP contribution in [0.3, 0.4) is 0 Å². The van der Waals surface area contributed by atoms with Crippen LogP contribution in [0.1, 0.15) is 104 Å². The van der Waals surface area contributed by atoms with Crippen molar-refractivity contribution >= 4 is 51.2 Å². The second kappa shape index (κ2) is 20.2. The molecule has 0 amide bonds. The molecule has 0 fully saturated rings. The van der Waals surface area contributed by atoms with Gasteiger partial charge in [-0.3, -0.25) is 4.79 Å². The van der Waals surface area contributed by atoms with Crippen LogP contribution in [-0.4, -0.2) is 25.8 Å². The smallest absolute Gasteiger partial charge is 0.302 e. The molecule has 0 aliphatic heterocycles. The third kappa shape index (κ3) is 15.6. The highest BCUT2D eigenvalue weighted by Crippen LogP contribution is 2.31. The number of hydrogen-bond acceptors (Lipinski definition) is 4. The Labute approximate surface area is 223 Å². The molecule has 0 aliphatic rings. The van der Waals surface area contributed by atoms with Crippen molar-refractivity contribution in [3.63, 3.8) is 0 Å². The van der Waals surface area contributed by atoms with Crippen molar-refractivity contribution in [2.45, 2.75) is 104 Å². The van der Waals surface area contributed by atoms with Gasteiger partial charge in [-0.15, -0.1) is 0 Å². The Bertz CT molecular complexity index is 622. The highest BCUT2D eigenvalue weighted by atomic mass is 127. The average Bonchev–Trinajstić information content (AvgIpc) is 2.76. The molecule has 32 heavy (non-hydrogen) atoms. The number of hydrogen-bond donors (Lipinski definition) is 0. The molecule has 0 aliphatic carbocycles. The van der Waals surface area contributed by atoms with Crippen molar-refractivity contribution in [2.75, 3.05) is 19.8 Å². The SMILES string of the molecule is CCCCCCCCCCCCCCCCOc1cc(I)c(OCCOC(C)=O)cc1I. The molecule has 0 bridgehead atoms. The summed E-state index contributed by atoms with van der Waals surface area (Å²) in [6, 6.07) is 4.00. The minimum absolute atomic E-state index is 0.263. The molecule has 1 aromatic carbocycles. The maximum absolute atomic E-state index is 10.8. The Morgan fingerprint density at radius 1 is 0.656 bits per heavy atom. The number of halogens is 2. The van der Waals surface area contributed by atoms with Gasteiger partial charge in [0.25, 0.3) is 0 Å². The maximum atomic E-state index is 10.8. The van der Waals surface area contributed by atoms with Gasteiger partial charge in [-0.1, -0.05) is 90.4 Å². The number of rotatable bonds is 20. The van der Waals surface area contributed by atoms with Crippen LogP contribution in [0, 0.1) is 7.14 Å². The average molecular weight is 672 g/mol. The van der Waals surface area contributed by atoms with E-state index in [0.29, 0.717) is 6.61 Å². The first-order chi connectivity index (χ1) is 15.5. The van der Waals surface area contributed by atoms with Crippen LogP contribution in [0.25, 0.3) is 0 Å². The summed E-state index contributed by atoms with van der Waals surface area (Å²) in [5.74, 6) is 1.42. The van der Waals surface area contributed by atoms with E-state index in [2.05, 4.69) is 52.1 Å². The Morgan fingerprint density at radius 2 is 1.06 bits per heavy atom. The van der Waals surface area contributed by atoms with Gasteiger partial charge in [-0.05, 0) is 63.7 Å². The second-order valence-corrected chi connectivity index (χ2v) is 10.7. The number of ether oxygens (including phenoxy) is 3. The van der Waals surface area contributed by atoms with E-state index in [9.17, 15) is 4.79 Å². The molecule has 0 radical (unpaired) electrons. The fourth-order valence-electron chi connectivity index (χ4n) is 3.55. The molecule has 0 atom stereocenters. The van der Waals surface area contributed by atoms with Crippen molar-refractivity contribution in [3.05, 3.63) is 19.3 Å². The number of benzene rings is 1. The van der Waals surface area contributed by atoms with Gasteiger partial charge in [0.1, 0.15) is 24.7 Å². The molecular formula is C26H42I2O4. The zero-order valence-corrected chi connectivity index (χ0v) is 24.4. The van der Waals surface area contributed by atoms with Crippen molar-refractivity contribution in [1.82, 2.24) is 0 Å². The standard InChI is InChI=1S/C26H42I2O4/c1-3-4-5-6-7-8-9-10-11-12-13-14-15-16-17-31-25-20-24(28)26(21-23(25)27)32-19-18-30-22(2)29/h20-21H,3-19H2,1-2H3. The second-order valence-electron chi connectivity index (χ2n) is 8.35. The first-order valence-corrected chi connectivity index (χ1v) is 14.6. The molecule has 0 spiro atoms. The molecule has 184 valence electrons. The van der Waals surface area contributed by atoms with Crippen molar-refractivity contribution in [1.29, 1.82) is 0 Å². The van der Waals surface area contributed by atoms with Gasteiger partial charge in [0, 0.05) is 6.92 Å². The van der Waals surface area contributed by atoms with E-state index in [1.54, 1.807) is 0 Å². The molecule has 0 saturated heterocycles. The molecule has 0 heterocycles. The normalized spacial score (nSPS) is 10.9. The Balaban J connectivity index is 2.03. The Hall–Kier alpha value is -0.250. The van der Waals surface area contributed by atoms with E-state index in [4.69, 9.17) is 14.2 Å². The summed E-state index contributed by atoms with van der Waals surface area (Å²) >= 11 is 4.54. The lowest BCUT2D eigenvalue weighted by molar-refractivity contribution is -0.141. The molecule has 6 heteroatoms. The number of unbranched alkanes of at least 4 members (excludes halogenated alkanes) is 13. The highest BCUT2D eigenvalue weighted by Gasteiger charge is 2.09. The molecule has 0 aromatic heterocycles. The van der Waals surface area contributed by atoms with Crippen LogP contribution in [0.2, 0.25) is 0 Å². The lowest BCUT2D eigenvalue weighted by Gasteiger charge is -2.13. The fraction of sp³-hybridized carbons (Fsp3) is 0.731. The van der Waals surface area contributed by atoms with Gasteiger partial charge in [0.05, 0.1) is 13.7 Å². The van der Waals surface area contributed by atoms with Crippen LogP contribution in [0.4, 0.5) is 0 Å². The summed E-state index contributed by atoms with van der Waals surface area (Å²) in [6.45, 7) is 5.06. The maximum Gasteiger partial charge on any atom is 0.302 e. The topological polar surface area (TPSA) is 44.8 Å². The minimum Gasteiger partial charge on any atom is -0.492 e. The molecular weight excluding hydrogens is 630 g/mol. The van der Waals surface area contributed by atoms with Gasteiger partial charge in [-0.25, -0.2) is 0 Å². The molecule has 0 unspecified atom stereocenters. The van der Waals surface area contributed by atoms with E-state index in [1.807, 2.05) is 12.1 Å². The zero-order valence-electron chi connectivity index (χ0n) is 20.1. The molecule has 0 N–H and O–H groups in total. The van der Waals surface area contributed by atoms with Crippen LogP contribution in [-0.2, 0) is 9.53 Å². The van der Waals surface area contributed by atoms with E-state index in [1.165, 1.54) is 90.4 Å². The van der Waals surface area contributed by atoms with Crippen molar-refractivity contribution < 1.29 is 19.0 Å². The zero-order chi connectivity index (χ0) is 23.4. The van der Waals surface area contributed by atoms with Gasteiger partial charge in [0.15, 0.2) is 0 Å². The summed E-state index contributed by atoms with van der Waals surface area (Å²) in [7, 11) is 0. The van der Waals surface area contributed by atoms with Crippen LogP contribution in [0.15, 0.2) is 12.1 Å². The van der Waals surface area contributed by atoms with Crippen molar-refractivity contribution in [3.8, 4) is 11.5 Å². The summed E-state index contributed by atoms with van der Waals surface area (Å²) in [4.78, 5) is 10.8. The van der Waals surface area contributed by atoms with Crippen LogP contribution < -0.4 is 9.47 Å². The fourth-order valence-corrected chi connectivity index (χ4v) is 4.74. The number of esters is 1. The summed E-state index contributed by atoms with van der Waals surface area (Å²) < 4.78 is 18.6. The van der Waals surface area contributed by atoms with Crippen LogP contribution in [0.5, 0.6) is 11.5 Å². The third-order valence-corrected chi connectivity index (χ3v) is 7.07. The quantitative estimate of drug-likeness (QED) is 0.0791. The van der Waals surface area contributed by atoms with Gasteiger partial charge in [-0.2, -0.15) is 0 Å². The summed E-state index contributed by atoms with van der Waals surface area (Å²) in [5, 5.41) is 0. The third-order valence-electron chi connectivity index (χ3n) is 5.39. The summed E-state index contributed by atoms with van der Waals surface area (Å²) in [6.07, 6.45) is 19.1. The summed E-state index contributed by atoms with van der Waals surface area (Å²) in [5.41, 5.74) is 0. The minimum atomic E-state index is -0.287. The van der Waals surface area contributed by atoms with Crippen molar-refractivity contribution in [2.24, 2.45) is 0 Å². The molecule has 4 nitrogen and oxygen atoms in total. The number of carbonyl (C=O) groups is 1.